The minimum Gasteiger partial charge on any atom is -0.496 e. The number of rotatable bonds is 5. The van der Waals surface area contributed by atoms with Gasteiger partial charge in [-0.3, -0.25) is 9.78 Å². The van der Waals surface area contributed by atoms with Crippen molar-refractivity contribution in [3.63, 3.8) is 0 Å². The monoisotopic (exact) mass is 390 g/mol. The number of sulfonamides is 1. The van der Waals surface area contributed by atoms with Gasteiger partial charge in [-0.05, 0) is 42.0 Å². The molecule has 0 atom stereocenters. The molecule has 3 aromatic rings. The number of benzene rings is 2. The summed E-state index contributed by atoms with van der Waals surface area (Å²) in [5.41, 5.74) is 0.887. The van der Waals surface area contributed by atoms with Gasteiger partial charge in [0, 0.05) is 16.6 Å². The molecule has 1 amide bonds. The summed E-state index contributed by atoms with van der Waals surface area (Å²) in [6.07, 6.45) is 1.40. The second kappa shape index (κ2) is 7.31. The van der Waals surface area contributed by atoms with E-state index in [0.29, 0.717) is 21.7 Å². The third-order valence-corrected chi connectivity index (χ3v) is 5.39. The zero-order valence-corrected chi connectivity index (χ0v) is 15.3. The molecule has 6 nitrogen and oxygen atoms in total. The molecule has 1 heterocycles. The van der Waals surface area contributed by atoms with Crippen LogP contribution in [-0.2, 0) is 21.2 Å². The van der Waals surface area contributed by atoms with E-state index in [1.807, 2.05) is 0 Å². The van der Waals surface area contributed by atoms with Crippen LogP contribution in [0, 0.1) is 0 Å². The van der Waals surface area contributed by atoms with Gasteiger partial charge in [0.25, 0.3) is 10.0 Å². The van der Waals surface area contributed by atoms with Crippen LogP contribution >= 0.6 is 11.6 Å². The fourth-order valence-corrected chi connectivity index (χ4v) is 3.82. The quantitative estimate of drug-likeness (QED) is 0.723. The summed E-state index contributed by atoms with van der Waals surface area (Å²) in [5.74, 6) is -0.147. The summed E-state index contributed by atoms with van der Waals surface area (Å²) < 4.78 is 32.6. The maximum Gasteiger partial charge on any atom is 0.266 e. The highest BCUT2D eigenvalue weighted by Crippen LogP contribution is 2.29. The third-order valence-electron chi connectivity index (χ3n) is 3.73. The zero-order valence-electron chi connectivity index (χ0n) is 13.8. The predicted molar refractivity (Wildman–Crippen MR) is 98.8 cm³/mol. The second-order valence-electron chi connectivity index (χ2n) is 5.50. The number of halogens is 1. The molecule has 0 aliphatic rings. The first-order valence-electron chi connectivity index (χ1n) is 7.62. The van der Waals surface area contributed by atoms with Crippen molar-refractivity contribution >= 4 is 38.4 Å². The Morgan fingerprint density at radius 1 is 1.15 bits per heavy atom. The number of methoxy groups -OCH3 is 1. The summed E-state index contributed by atoms with van der Waals surface area (Å²) >= 11 is 5.80. The summed E-state index contributed by atoms with van der Waals surface area (Å²) in [5, 5.41) is 1.08. The number of amides is 1. The van der Waals surface area contributed by atoms with E-state index < -0.39 is 15.9 Å². The molecule has 134 valence electrons. The lowest BCUT2D eigenvalue weighted by Crippen LogP contribution is -2.32. The third kappa shape index (κ3) is 3.79. The molecule has 0 unspecified atom stereocenters. The molecule has 0 spiro atoms. The summed E-state index contributed by atoms with van der Waals surface area (Å²) in [4.78, 5) is 16.2. The molecule has 0 saturated heterocycles. The molecule has 0 bridgehead atoms. The lowest BCUT2D eigenvalue weighted by Gasteiger charge is -2.11. The fraction of sp³-hybridized carbons (Fsp3) is 0.111. The van der Waals surface area contributed by atoms with Crippen LogP contribution in [0.4, 0.5) is 0 Å². The van der Waals surface area contributed by atoms with Crippen molar-refractivity contribution < 1.29 is 17.9 Å². The number of aromatic nitrogens is 1. The van der Waals surface area contributed by atoms with E-state index in [2.05, 4.69) is 9.71 Å². The number of nitrogens with zero attached hydrogens (tertiary/aromatic N) is 1. The summed E-state index contributed by atoms with van der Waals surface area (Å²) in [6.45, 7) is 0. The Labute approximate surface area is 155 Å². The van der Waals surface area contributed by atoms with Crippen molar-refractivity contribution in [2.24, 2.45) is 0 Å². The first-order valence-corrected chi connectivity index (χ1v) is 9.48. The first-order chi connectivity index (χ1) is 12.4. The largest absolute Gasteiger partial charge is 0.496 e. The lowest BCUT2D eigenvalue weighted by molar-refractivity contribution is -0.118. The van der Waals surface area contributed by atoms with E-state index in [4.69, 9.17) is 16.3 Å². The van der Waals surface area contributed by atoms with Gasteiger partial charge in [-0.25, -0.2) is 13.1 Å². The topological polar surface area (TPSA) is 85.4 Å². The van der Waals surface area contributed by atoms with E-state index in [1.165, 1.54) is 25.4 Å². The number of fused-ring (bicyclic) bond motifs is 1. The molecule has 1 N–H and O–H groups in total. The average Bonchev–Trinajstić information content (AvgIpc) is 2.62. The van der Waals surface area contributed by atoms with Crippen molar-refractivity contribution in [2.75, 3.05) is 7.11 Å². The van der Waals surface area contributed by atoms with E-state index in [1.54, 1.807) is 36.4 Å². The molecule has 0 aliphatic carbocycles. The number of carbonyl (C=O) groups excluding carboxylic acids is 1. The number of hydrogen-bond acceptors (Lipinski definition) is 5. The molecule has 2 aromatic carbocycles. The summed E-state index contributed by atoms with van der Waals surface area (Å²) in [7, 11) is -2.59. The molecule has 8 heteroatoms. The number of carbonyl (C=O) groups is 1. The second-order valence-corrected chi connectivity index (χ2v) is 7.58. The summed E-state index contributed by atoms with van der Waals surface area (Å²) in [6, 6.07) is 12.9. The maximum atomic E-state index is 12.7. The van der Waals surface area contributed by atoms with Crippen molar-refractivity contribution in [1.29, 1.82) is 0 Å². The van der Waals surface area contributed by atoms with Crippen LogP contribution in [0.25, 0.3) is 10.9 Å². The van der Waals surface area contributed by atoms with Gasteiger partial charge in [0.15, 0.2) is 0 Å². The average molecular weight is 391 g/mol. The number of nitrogens with one attached hydrogen (secondary N) is 1. The van der Waals surface area contributed by atoms with Crippen molar-refractivity contribution in [2.45, 2.75) is 11.3 Å². The Balaban J connectivity index is 1.90. The van der Waals surface area contributed by atoms with Crippen molar-refractivity contribution in [3.8, 4) is 5.75 Å². The molecule has 26 heavy (non-hydrogen) atoms. The van der Waals surface area contributed by atoms with Gasteiger partial charge >= 0.3 is 0 Å². The van der Waals surface area contributed by atoms with Crippen LogP contribution in [0.3, 0.4) is 0 Å². The smallest absolute Gasteiger partial charge is 0.266 e. The Bertz CT molecular complexity index is 1070. The standard InChI is InChI=1S/C18H15ClN2O4S/c1-25-15-8-9-16(18-14(15)3-2-10-20-18)26(23,24)21-17(22)11-12-4-6-13(19)7-5-12/h2-10H,11H2,1H3,(H,21,22). The van der Waals surface area contributed by atoms with Gasteiger partial charge in [-0.2, -0.15) is 0 Å². The minimum absolute atomic E-state index is 0.0849. The Kier molecular flexibility index (Phi) is 5.11. The molecular formula is C18H15ClN2O4S. The molecule has 0 fully saturated rings. The number of ether oxygens (including phenoxy) is 1. The highest BCUT2D eigenvalue weighted by atomic mass is 35.5. The minimum atomic E-state index is -4.08. The van der Waals surface area contributed by atoms with Crippen LogP contribution in [0.1, 0.15) is 5.56 Å². The van der Waals surface area contributed by atoms with Gasteiger partial charge in [0.05, 0.1) is 19.0 Å². The van der Waals surface area contributed by atoms with Crippen LogP contribution in [-0.4, -0.2) is 26.4 Å². The van der Waals surface area contributed by atoms with Crippen LogP contribution in [0.5, 0.6) is 5.75 Å². The highest BCUT2D eigenvalue weighted by molar-refractivity contribution is 7.90. The van der Waals surface area contributed by atoms with E-state index >= 15 is 0 Å². The van der Waals surface area contributed by atoms with Gasteiger partial charge in [0.1, 0.15) is 10.6 Å². The van der Waals surface area contributed by atoms with E-state index in [-0.39, 0.29) is 16.8 Å². The molecule has 0 aliphatic heterocycles. The Hall–Kier alpha value is -2.64. The molecule has 3 rings (SSSR count). The Morgan fingerprint density at radius 3 is 2.58 bits per heavy atom. The highest BCUT2D eigenvalue weighted by Gasteiger charge is 2.22. The molecule has 0 saturated carbocycles. The first kappa shape index (κ1) is 18.2. The SMILES string of the molecule is COc1ccc(S(=O)(=O)NC(=O)Cc2ccc(Cl)cc2)c2ncccc12. The zero-order chi connectivity index (χ0) is 18.7. The number of hydrogen-bond donors (Lipinski definition) is 1. The molecule has 1 aromatic heterocycles. The number of pyridine rings is 1. The van der Waals surface area contributed by atoms with Gasteiger partial charge < -0.3 is 4.74 Å². The molecular weight excluding hydrogens is 376 g/mol. The normalized spacial score (nSPS) is 11.3. The van der Waals surface area contributed by atoms with E-state index in [0.717, 1.165) is 0 Å². The maximum absolute atomic E-state index is 12.7. The fourth-order valence-electron chi connectivity index (χ4n) is 2.54. The van der Waals surface area contributed by atoms with Crippen LogP contribution in [0.2, 0.25) is 5.02 Å². The van der Waals surface area contributed by atoms with Crippen LogP contribution in [0.15, 0.2) is 59.6 Å². The predicted octanol–water partition coefficient (Wildman–Crippen LogP) is 2.94. The van der Waals surface area contributed by atoms with Gasteiger partial charge in [0.2, 0.25) is 5.91 Å². The lowest BCUT2D eigenvalue weighted by atomic mass is 10.1. The van der Waals surface area contributed by atoms with Crippen LogP contribution < -0.4 is 9.46 Å². The van der Waals surface area contributed by atoms with Gasteiger partial charge in [-0.1, -0.05) is 23.7 Å². The van der Waals surface area contributed by atoms with E-state index in [9.17, 15) is 13.2 Å². The Morgan fingerprint density at radius 2 is 1.88 bits per heavy atom. The van der Waals surface area contributed by atoms with Crippen molar-refractivity contribution in [1.82, 2.24) is 9.71 Å². The van der Waals surface area contributed by atoms with Crippen molar-refractivity contribution in [3.05, 3.63) is 65.3 Å². The van der Waals surface area contributed by atoms with Gasteiger partial charge in [-0.15, -0.1) is 0 Å². The molecule has 0 radical (unpaired) electrons.